The molecular formula is C11H11NO4. The van der Waals surface area contributed by atoms with E-state index in [0.717, 1.165) is 5.39 Å². The highest BCUT2D eigenvalue weighted by atomic mass is 16.6. The van der Waals surface area contributed by atoms with Crippen LogP contribution in [-0.2, 0) is 4.74 Å². The first kappa shape index (κ1) is 10.5. The summed E-state index contributed by atoms with van der Waals surface area (Å²) in [4.78, 5) is 16.0. The predicted octanol–water partition coefficient (Wildman–Crippen LogP) is 1.86. The first-order valence-electron chi connectivity index (χ1n) is 4.82. The van der Waals surface area contributed by atoms with E-state index < -0.39 is 5.97 Å². The Bertz CT molecular complexity index is 518. The number of benzene rings is 1. The summed E-state index contributed by atoms with van der Waals surface area (Å²) in [5.74, 6) is 5.23. The molecular weight excluding hydrogens is 210 g/mol. The van der Waals surface area contributed by atoms with Gasteiger partial charge in [0, 0.05) is 5.39 Å². The van der Waals surface area contributed by atoms with E-state index in [9.17, 15) is 4.79 Å². The molecule has 84 valence electrons. The van der Waals surface area contributed by atoms with E-state index in [1.807, 2.05) is 0 Å². The lowest BCUT2D eigenvalue weighted by Gasteiger charge is -1.95. The van der Waals surface area contributed by atoms with Crippen molar-refractivity contribution in [2.75, 3.05) is 6.61 Å². The third kappa shape index (κ3) is 1.85. The van der Waals surface area contributed by atoms with Gasteiger partial charge < -0.3 is 14.0 Å². The summed E-state index contributed by atoms with van der Waals surface area (Å²) in [6.07, 6.45) is 0. The highest BCUT2D eigenvalue weighted by Gasteiger charge is 2.13. The number of ether oxygens (including phenoxy) is 1. The molecule has 0 aliphatic carbocycles. The number of carbonyl (C=O) groups is 1. The number of hydrogen-bond acceptors (Lipinski definition) is 5. The second kappa shape index (κ2) is 4.24. The van der Waals surface area contributed by atoms with Crippen LogP contribution in [0, 0.1) is 0 Å². The molecule has 1 aromatic carbocycles. The fraction of sp³-hybridized carbons (Fsp3) is 0.182. The molecule has 0 atom stereocenters. The minimum atomic E-state index is -0.478. The van der Waals surface area contributed by atoms with Crippen LogP contribution in [0.4, 0.5) is 0 Å². The van der Waals surface area contributed by atoms with Crippen LogP contribution in [0.15, 0.2) is 28.7 Å². The topological polar surface area (TPSA) is 74.7 Å². The fourth-order valence-electron chi connectivity index (χ4n) is 1.40. The zero-order valence-electron chi connectivity index (χ0n) is 8.73. The summed E-state index contributed by atoms with van der Waals surface area (Å²) in [5.41, 5.74) is 0.587. The van der Waals surface area contributed by atoms with Crippen LogP contribution < -0.4 is 10.7 Å². The zero-order chi connectivity index (χ0) is 11.5. The maximum atomic E-state index is 11.4. The maximum absolute atomic E-state index is 11.4. The van der Waals surface area contributed by atoms with Crippen molar-refractivity contribution < 1.29 is 18.8 Å². The van der Waals surface area contributed by atoms with Gasteiger partial charge in [0.2, 0.25) is 5.76 Å². The summed E-state index contributed by atoms with van der Waals surface area (Å²) in [7, 11) is 0. The molecule has 2 aromatic rings. The minimum Gasteiger partial charge on any atom is -0.460 e. The van der Waals surface area contributed by atoms with Crippen LogP contribution in [0.2, 0.25) is 0 Å². The molecule has 5 nitrogen and oxygen atoms in total. The van der Waals surface area contributed by atoms with Crippen molar-refractivity contribution in [3.05, 3.63) is 30.0 Å². The lowest BCUT2D eigenvalue weighted by molar-refractivity contribution is 0.0492. The molecule has 0 radical (unpaired) electrons. The van der Waals surface area contributed by atoms with Crippen molar-refractivity contribution in [2.45, 2.75) is 6.92 Å². The Hall–Kier alpha value is -2.01. The van der Waals surface area contributed by atoms with E-state index in [0.29, 0.717) is 17.9 Å². The van der Waals surface area contributed by atoms with Crippen molar-refractivity contribution in [1.82, 2.24) is 0 Å². The Balaban J connectivity index is 2.39. The Labute approximate surface area is 91.7 Å². The van der Waals surface area contributed by atoms with Gasteiger partial charge in [-0.25, -0.2) is 4.79 Å². The van der Waals surface area contributed by atoms with Crippen LogP contribution in [0.1, 0.15) is 17.5 Å². The SMILES string of the molecule is CCOC(=O)c1cc2cc(ON)ccc2o1. The standard InChI is InChI=1S/C11H11NO4/c1-2-14-11(13)10-6-7-5-8(16-12)3-4-9(7)15-10/h3-6H,2,12H2,1H3. The predicted molar refractivity (Wildman–Crippen MR) is 57.0 cm³/mol. The summed E-state index contributed by atoms with van der Waals surface area (Å²) in [6, 6.07) is 6.61. The molecule has 0 fully saturated rings. The van der Waals surface area contributed by atoms with Crippen molar-refractivity contribution in [2.24, 2.45) is 5.90 Å². The van der Waals surface area contributed by atoms with E-state index >= 15 is 0 Å². The minimum absolute atomic E-state index is 0.172. The van der Waals surface area contributed by atoms with Gasteiger partial charge in [-0.3, -0.25) is 0 Å². The van der Waals surface area contributed by atoms with Gasteiger partial charge in [0.05, 0.1) is 6.61 Å². The summed E-state index contributed by atoms with van der Waals surface area (Å²) < 4.78 is 10.1. The van der Waals surface area contributed by atoms with Crippen LogP contribution >= 0.6 is 0 Å². The van der Waals surface area contributed by atoms with Gasteiger partial charge in [-0.05, 0) is 31.2 Å². The van der Waals surface area contributed by atoms with Gasteiger partial charge in [-0.1, -0.05) is 0 Å². The molecule has 0 aliphatic rings. The van der Waals surface area contributed by atoms with E-state index in [1.54, 1.807) is 31.2 Å². The van der Waals surface area contributed by atoms with Crippen molar-refractivity contribution in [3.63, 3.8) is 0 Å². The molecule has 0 saturated heterocycles. The van der Waals surface area contributed by atoms with Crippen molar-refractivity contribution >= 4 is 16.9 Å². The molecule has 0 amide bonds. The second-order valence-corrected chi connectivity index (χ2v) is 3.15. The molecule has 0 aliphatic heterocycles. The van der Waals surface area contributed by atoms with E-state index in [1.165, 1.54) is 0 Å². The van der Waals surface area contributed by atoms with Crippen molar-refractivity contribution in [3.8, 4) is 5.75 Å². The average Bonchev–Trinajstić information content (AvgIpc) is 2.71. The number of rotatable bonds is 3. The lowest BCUT2D eigenvalue weighted by Crippen LogP contribution is -2.02. The quantitative estimate of drug-likeness (QED) is 0.632. The van der Waals surface area contributed by atoms with Gasteiger partial charge in [0.15, 0.2) is 0 Å². The van der Waals surface area contributed by atoms with Crippen LogP contribution in [-0.4, -0.2) is 12.6 Å². The first-order valence-corrected chi connectivity index (χ1v) is 4.82. The Morgan fingerprint density at radius 3 is 2.94 bits per heavy atom. The second-order valence-electron chi connectivity index (χ2n) is 3.15. The lowest BCUT2D eigenvalue weighted by atomic mass is 10.2. The normalized spacial score (nSPS) is 10.4. The van der Waals surface area contributed by atoms with E-state index in [4.69, 9.17) is 15.1 Å². The van der Waals surface area contributed by atoms with Gasteiger partial charge in [-0.2, -0.15) is 5.90 Å². The van der Waals surface area contributed by atoms with Crippen LogP contribution in [0.3, 0.4) is 0 Å². The first-order chi connectivity index (χ1) is 7.74. The van der Waals surface area contributed by atoms with Gasteiger partial charge >= 0.3 is 5.97 Å². The summed E-state index contributed by atoms with van der Waals surface area (Å²) in [6.45, 7) is 2.05. The number of nitrogens with two attached hydrogens (primary N) is 1. The molecule has 5 heteroatoms. The number of fused-ring (bicyclic) bond motifs is 1. The monoisotopic (exact) mass is 221 g/mol. The Morgan fingerprint density at radius 1 is 1.44 bits per heavy atom. The molecule has 0 bridgehead atoms. The average molecular weight is 221 g/mol. The molecule has 1 heterocycles. The van der Waals surface area contributed by atoms with Crippen LogP contribution in [0.25, 0.3) is 11.0 Å². The van der Waals surface area contributed by atoms with E-state index in [-0.39, 0.29) is 5.76 Å². The molecule has 2 rings (SSSR count). The smallest absolute Gasteiger partial charge is 0.374 e. The molecule has 0 unspecified atom stereocenters. The number of esters is 1. The molecule has 1 aromatic heterocycles. The third-order valence-electron chi connectivity index (χ3n) is 2.10. The molecule has 16 heavy (non-hydrogen) atoms. The molecule has 0 saturated carbocycles. The highest BCUT2D eigenvalue weighted by molar-refractivity contribution is 5.92. The van der Waals surface area contributed by atoms with Crippen molar-refractivity contribution in [1.29, 1.82) is 0 Å². The maximum Gasteiger partial charge on any atom is 0.374 e. The van der Waals surface area contributed by atoms with Gasteiger partial charge in [0.1, 0.15) is 11.3 Å². The Morgan fingerprint density at radius 2 is 2.25 bits per heavy atom. The number of carbonyl (C=O) groups excluding carboxylic acids is 1. The summed E-state index contributed by atoms with van der Waals surface area (Å²) in [5, 5.41) is 0.742. The van der Waals surface area contributed by atoms with Gasteiger partial charge in [0.25, 0.3) is 0 Å². The Kier molecular flexibility index (Phi) is 2.78. The highest BCUT2D eigenvalue weighted by Crippen LogP contribution is 2.24. The number of hydrogen-bond donors (Lipinski definition) is 1. The molecule has 0 spiro atoms. The largest absolute Gasteiger partial charge is 0.460 e. The fourth-order valence-corrected chi connectivity index (χ4v) is 1.40. The third-order valence-corrected chi connectivity index (χ3v) is 2.10. The van der Waals surface area contributed by atoms with Crippen LogP contribution in [0.5, 0.6) is 5.75 Å². The summed E-state index contributed by atoms with van der Waals surface area (Å²) >= 11 is 0. The zero-order valence-corrected chi connectivity index (χ0v) is 8.73. The van der Waals surface area contributed by atoms with E-state index in [2.05, 4.69) is 4.84 Å². The molecule has 2 N–H and O–H groups in total. The van der Waals surface area contributed by atoms with Gasteiger partial charge in [-0.15, -0.1) is 0 Å². The number of furan rings is 1.